The zero-order valence-corrected chi connectivity index (χ0v) is 13.5. The third-order valence-electron chi connectivity index (χ3n) is 3.29. The second-order valence-electron chi connectivity index (χ2n) is 5.10. The van der Waals surface area contributed by atoms with Crippen molar-refractivity contribution in [1.82, 2.24) is 9.55 Å². The van der Waals surface area contributed by atoms with Crippen LogP contribution in [0.25, 0.3) is 0 Å². The first-order valence-corrected chi connectivity index (χ1v) is 8.01. The van der Waals surface area contributed by atoms with E-state index < -0.39 is 44.2 Å². The average molecular weight is 387 g/mol. The molecule has 0 atom stereocenters. The molecule has 1 heterocycles. The molecular formula is C13H11F6N3O2S. The lowest BCUT2D eigenvalue weighted by Crippen LogP contribution is -2.18. The Morgan fingerprint density at radius 3 is 1.84 bits per heavy atom. The zero-order chi connectivity index (χ0) is 19.2. The molecule has 1 aromatic carbocycles. The van der Waals surface area contributed by atoms with Gasteiger partial charge in [-0.05, 0) is 25.1 Å². The number of aryl methyl sites for hydroxylation is 1. The number of hydrogen-bond donors (Lipinski definition) is 1. The molecule has 0 unspecified atom stereocenters. The van der Waals surface area contributed by atoms with Crippen molar-refractivity contribution in [3.8, 4) is 0 Å². The average Bonchev–Trinajstić information content (AvgIpc) is 2.77. The van der Waals surface area contributed by atoms with E-state index in [0.29, 0.717) is 5.82 Å². The Bertz CT molecular complexity index is 867. The van der Waals surface area contributed by atoms with E-state index in [1.807, 2.05) is 0 Å². The summed E-state index contributed by atoms with van der Waals surface area (Å²) in [6, 6.07) is 0.484. The molecule has 2 aromatic rings. The van der Waals surface area contributed by atoms with Gasteiger partial charge in [-0.3, -0.25) is 4.72 Å². The summed E-state index contributed by atoms with van der Waals surface area (Å²) in [5, 5.41) is -0.407. The summed E-state index contributed by atoms with van der Waals surface area (Å²) < 4.78 is 104. The van der Waals surface area contributed by atoms with Gasteiger partial charge in [0.05, 0.1) is 23.0 Å². The van der Waals surface area contributed by atoms with Crippen LogP contribution in [0.3, 0.4) is 0 Å². The molecule has 2 rings (SSSR count). The second-order valence-corrected chi connectivity index (χ2v) is 6.73. The van der Waals surface area contributed by atoms with Gasteiger partial charge < -0.3 is 4.57 Å². The van der Waals surface area contributed by atoms with E-state index in [-0.39, 0.29) is 18.2 Å². The Kier molecular flexibility index (Phi) is 4.53. The minimum absolute atomic E-state index is 0.0913. The van der Waals surface area contributed by atoms with Gasteiger partial charge >= 0.3 is 12.4 Å². The SMILES string of the molecule is Cc1ncc(S(=O)(=O)Nc2cc(C(F)(F)F)cc(C(F)(F)F)c2)n1C. The predicted molar refractivity (Wildman–Crippen MR) is 75.2 cm³/mol. The first-order chi connectivity index (χ1) is 11.2. The van der Waals surface area contributed by atoms with E-state index in [2.05, 4.69) is 4.98 Å². The zero-order valence-electron chi connectivity index (χ0n) is 12.7. The Balaban J connectivity index is 2.54. The van der Waals surface area contributed by atoms with Crippen LogP contribution in [0.15, 0.2) is 29.4 Å². The molecule has 5 nitrogen and oxygen atoms in total. The highest BCUT2D eigenvalue weighted by Gasteiger charge is 2.37. The van der Waals surface area contributed by atoms with Crippen LogP contribution < -0.4 is 4.72 Å². The summed E-state index contributed by atoms with van der Waals surface area (Å²) in [6.07, 6.45) is -9.22. The van der Waals surface area contributed by atoms with Crippen LogP contribution in [0.2, 0.25) is 0 Å². The molecule has 1 aromatic heterocycles. The lowest BCUT2D eigenvalue weighted by Gasteiger charge is -2.15. The van der Waals surface area contributed by atoms with E-state index >= 15 is 0 Å². The first kappa shape index (κ1) is 19.1. The highest BCUT2D eigenvalue weighted by atomic mass is 32.2. The number of rotatable bonds is 3. The van der Waals surface area contributed by atoms with E-state index in [1.54, 1.807) is 4.72 Å². The molecule has 25 heavy (non-hydrogen) atoms. The number of benzene rings is 1. The van der Waals surface area contributed by atoms with Crippen molar-refractivity contribution in [2.24, 2.45) is 7.05 Å². The maximum absolute atomic E-state index is 12.8. The van der Waals surface area contributed by atoms with Gasteiger partial charge in [0.25, 0.3) is 10.0 Å². The minimum Gasteiger partial charge on any atom is -0.321 e. The summed E-state index contributed by atoms with van der Waals surface area (Å²) >= 11 is 0. The van der Waals surface area contributed by atoms with Crippen LogP contribution >= 0.6 is 0 Å². The maximum atomic E-state index is 12.8. The van der Waals surface area contributed by atoms with Crippen LogP contribution in [0.1, 0.15) is 17.0 Å². The third-order valence-corrected chi connectivity index (χ3v) is 4.73. The molecule has 0 bridgehead atoms. The molecule has 12 heteroatoms. The molecule has 138 valence electrons. The van der Waals surface area contributed by atoms with E-state index in [0.717, 1.165) is 10.8 Å². The number of imidazole rings is 1. The Labute approximate surface area is 138 Å². The number of aromatic nitrogens is 2. The molecule has 0 aliphatic rings. The second kappa shape index (κ2) is 5.93. The van der Waals surface area contributed by atoms with Crippen LogP contribution in [-0.2, 0) is 29.4 Å². The maximum Gasteiger partial charge on any atom is 0.416 e. The fourth-order valence-electron chi connectivity index (χ4n) is 1.95. The quantitative estimate of drug-likeness (QED) is 0.819. The standard InChI is InChI=1S/C13H11F6N3O2S/c1-7-20-6-11(22(7)2)25(23,24)21-10-4-8(12(14,15)16)3-9(5-10)13(17,18)19/h3-6,21H,1-2H3. The Hall–Kier alpha value is -2.24. The normalized spacial score (nSPS) is 13.1. The molecular weight excluding hydrogens is 376 g/mol. The third kappa shape index (κ3) is 4.06. The molecule has 0 fully saturated rings. The van der Waals surface area contributed by atoms with E-state index in [1.165, 1.54) is 14.0 Å². The lowest BCUT2D eigenvalue weighted by molar-refractivity contribution is -0.143. The molecule has 0 spiro atoms. The van der Waals surface area contributed by atoms with Crippen molar-refractivity contribution in [1.29, 1.82) is 0 Å². The van der Waals surface area contributed by atoms with Gasteiger partial charge in [0, 0.05) is 7.05 Å². The first-order valence-electron chi connectivity index (χ1n) is 6.52. The van der Waals surface area contributed by atoms with Crippen LogP contribution in [-0.4, -0.2) is 18.0 Å². The fraction of sp³-hybridized carbons (Fsp3) is 0.308. The monoisotopic (exact) mass is 387 g/mol. The topological polar surface area (TPSA) is 64.0 Å². The van der Waals surface area contributed by atoms with Crippen molar-refractivity contribution in [3.63, 3.8) is 0 Å². The van der Waals surface area contributed by atoms with Crippen molar-refractivity contribution in [2.45, 2.75) is 24.3 Å². The predicted octanol–water partition coefficient (Wildman–Crippen LogP) is 3.57. The summed E-state index contributed by atoms with van der Waals surface area (Å²) in [4.78, 5) is 3.72. The molecule has 1 N–H and O–H groups in total. The van der Waals surface area contributed by atoms with Crippen LogP contribution in [0.5, 0.6) is 0 Å². The number of nitrogens with zero attached hydrogens (tertiary/aromatic N) is 2. The van der Waals surface area contributed by atoms with Crippen molar-refractivity contribution >= 4 is 15.7 Å². The van der Waals surface area contributed by atoms with E-state index in [4.69, 9.17) is 0 Å². The summed E-state index contributed by atoms with van der Waals surface area (Å²) in [7, 11) is -3.09. The number of alkyl halides is 6. The number of halogens is 6. The van der Waals surface area contributed by atoms with Gasteiger partial charge in [-0.25, -0.2) is 4.98 Å². The molecule has 0 saturated heterocycles. The van der Waals surface area contributed by atoms with Crippen molar-refractivity contribution in [2.75, 3.05) is 4.72 Å². The van der Waals surface area contributed by atoms with Gasteiger partial charge in [0.15, 0.2) is 5.03 Å². The summed E-state index contributed by atoms with van der Waals surface area (Å²) in [5.74, 6) is 0.292. The van der Waals surface area contributed by atoms with Gasteiger partial charge in [0.2, 0.25) is 0 Å². The Morgan fingerprint density at radius 1 is 1.00 bits per heavy atom. The Morgan fingerprint density at radius 2 is 1.48 bits per heavy atom. The molecule has 0 aliphatic carbocycles. The largest absolute Gasteiger partial charge is 0.416 e. The molecule has 0 radical (unpaired) electrons. The van der Waals surface area contributed by atoms with Crippen LogP contribution in [0, 0.1) is 6.92 Å². The van der Waals surface area contributed by atoms with Gasteiger partial charge in [-0.2, -0.15) is 34.8 Å². The van der Waals surface area contributed by atoms with Gasteiger partial charge in [-0.1, -0.05) is 0 Å². The lowest BCUT2D eigenvalue weighted by atomic mass is 10.1. The van der Waals surface area contributed by atoms with Crippen LogP contribution in [0.4, 0.5) is 32.0 Å². The smallest absolute Gasteiger partial charge is 0.321 e. The summed E-state index contributed by atoms with van der Waals surface area (Å²) in [5.41, 5.74) is -4.11. The fourth-order valence-corrected chi connectivity index (χ4v) is 3.17. The number of nitrogens with one attached hydrogen (secondary N) is 1. The molecule has 0 amide bonds. The van der Waals surface area contributed by atoms with Crippen molar-refractivity contribution < 1.29 is 34.8 Å². The summed E-state index contributed by atoms with van der Waals surface area (Å²) in [6.45, 7) is 1.48. The van der Waals surface area contributed by atoms with Gasteiger partial charge in [-0.15, -0.1) is 0 Å². The highest BCUT2D eigenvalue weighted by molar-refractivity contribution is 7.92. The highest BCUT2D eigenvalue weighted by Crippen LogP contribution is 2.37. The molecule has 0 aliphatic heterocycles. The minimum atomic E-state index is -5.08. The number of hydrogen-bond acceptors (Lipinski definition) is 3. The molecule has 0 saturated carbocycles. The number of anilines is 1. The van der Waals surface area contributed by atoms with Gasteiger partial charge in [0.1, 0.15) is 5.82 Å². The van der Waals surface area contributed by atoms with Crippen molar-refractivity contribution in [3.05, 3.63) is 41.3 Å². The number of sulfonamides is 1. The van der Waals surface area contributed by atoms with E-state index in [9.17, 15) is 34.8 Å².